The normalized spacial score (nSPS) is 21.1. The van der Waals surface area contributed by atoms with Crippen LogP contribution in [0.3, 0.4) is 0 Å². The molecule has 0 spiro atoms. The first kappa shape index (κ1) is 16.4. The third-order valence-electron chi connectivity index (χ3n) is 5.72. The molecule has 4 rings (SSSR count). The molecule has 0 saturated carbocycles. The number of aromatic nitrogens is 1. The largest absolute Gasteiger partial charge is 0.508 e. The minimum Gasteiger partial charge on any atom is -0.508 e. The van der Waals surface area contributed by atoms with Gasteiger partial charge in [-0.25, -0.2) is 4.98 Å². The van der Waals surface area contributed by atoms with Crippen molar-refractivity contribution < 1.29 is 5.11 Å². The maximum atomic E-state index is 9.71. The molecule has 2 heterocycles. The lowest BCUT2D eigenvalue weighted by atomic mass is 9.82. The van der Waals surface area contributed by atoms with Gasteiger partial charge in [0.1, 0.15) is 11.6 Å². The lowest BCUT2D eigenvalue weighted by molar-refractivity contribution is 0.232. The van der Waals surface area contributed by atoms with Gasteiger partial charge in [-0.3, -0.25) is 4.90 Å². The Kier molecular flexibility index (Phi) is 4.88. The fraction of sp³-hybridized carbons (Fsp3) is 0.476. The zero-order valence-electron chi connectivity index (χ0n) is 14.8. The number of anilines is 1. The van der Waals surface area contributed by atoms with Gasteiger partial charge in [0, 0.05) is 32.4 Å². The van der Waals surface area contributed by atoms with Crippen LogP contribution < -0.4 is 4.90 Å². The van der Waals surface area contributed by atoms with Crippen LogP contribution in [-0.4, -0.2) is 47.7 Å². The maximum Gasteiger partial charge on any atom is 0.128 e. The highest BCUT2D eigenvalue weighted by atomic mass is 16.3. The predicted octanol–water partition coefficient (Wildman–Crippen LogP) is 3.10. The number of phenols is 1. The van der Waals surface area contributed by atoms with E-state index < -0.39 is 0 Å². The molecule has 2 aliphatic rings. The Morgan fingerprint density at radius 3 is 2.72 bits per heavy atom. The average molecular weight is 337 g/mol. The predicted molar refractivity (Wildman–Crippen MR) is 101 cm³/mol. The molecule has 0 amide bonds. The number of aryl methyl sites for hydroxylation is 1. The highest BCUT2D eigenvalue weighted by molar-refractivity contribution is 5.38. The van der Waals surface area contributed by atoms with Crippen LogP contribution >= 0.6 is 0 Å². The van der Waals surface area contributed by atoms with Crippen molar-refractivity contribution in [1.82, 2.24) is 9.88 Å². The Morgan fingerprint density at radius 2 is 1.92 bits per heavy atom. The molecule has 4 nitrogen and oxygen atoms in total. The van der Waals surface area contributed by atoms with Gasteiger partial charge in [0.05, 0.1) is 0 Å². The Hall–Kier alpha value is -2.07. The number of nitrogens with zero attached hydrogens (tertiary/aromatic N) is 3. The number of fused-ring (bicyclic) bond motifs is 1. The minimum absolute atomic E-state index is 0.407. The van der Waals surface area contributed by atoms with Gasteiger partial charge in [0.15, 0.2) is 0 Å². The molecule has 1 fully saturated rings. The Balaban J connectivity index is 1.25. The number of phenolic OH excluding ortho intramolecular Hbond substituents is 1. The fourth-order valence-corrected chi connectivity index (χ4v) is 4.17. The number of rotatable bonds is 4. The Labute approximate surface area is 150 Å². The minimum atomic E-state index is 0.407. The molecule has 1 unspecified atom stereocenters. The summed E-state index contributed by atoms with van der Waals surface area (Å²) in [6.07, 6.45) is 6.70. The van der Waals surface area contributed by atoms with E-state index in [0.29, 0.717) is 5.75 Å². The van der Waals surface area contributed by atoms with E-state index in [1.165, 1.54) is 30.5 Å². The van der Waals surface area contributed by atoms with Crippen molar-refractivity contribution in [3.05, 3.63) is 53.7 Å². The molecule has 1 atom stereocenters. The van der Waals surface area contributed by atoms with Crippen molar-refractivity contribution in [2.24, 2.45) is 5.92 Å². The van der Waals surface area contributed by atoms with Gasteiger partial charge in [0.25, 0.3) is 0 Å². The standard InChI is InChI=1S/C21H27N3O/c25-20-7-6-18-5-4-17(15-19(18)16-20)8-10-23-11-13-24(14-12-23)21-3-1-2-9-22-21/h1-3,6-7,9,16-17,25H,4-5,8,10-15H2. The summed E-state index contributed by atoms with van der Waals surface area (Å²) < 4.78 is 0. The topological polar surface area (TPSA) is 39.6 Å². The number of hydrogen-bond acceptors (Lipinski definition) is 4. The van der Waals surface area contributed by atoms with Crippen LogP contribution in [0.5, 0.6) is 5.75 Å². The van der Waals surface area contributed by atoms with Gasteiger partial charge in [-0.05, 0) is 73.5 Å². The number of benzene rings is 1. The van der Waals surface area contributed by atoms with Crippen molar-refractivity contribution in [1.29, 1.82) is 0 Å². The van der Waals surface area contributed by atoms with Crippen LogP contribution in [0, 0.1) is 5.92 Å². The average Bonchev–Trinajstić information content (AvgIpc) is 2.67. The summed E-state index contributed by atoms with van der Waals surface area (Å²) >= 11 is 0. The molecule has 0 bridgehead atoms. The Bertz CT molecular complexity index is 696. The van der Waals surface area contributed by atoms with Crippen LogP contribution in [0.2, 0.25) is 0 Å². The van der Waals surface area contributed by atoms with Crippen molar-refractivity contribution in [3.63, 3.8) is 0 Å². The molecule has 4 heteroatoms. The van der Waals surface area contributed by atoms with E-state index in [2.05, 4.69) is 33.0 Å². The van der Waals surface area contributed by atoms with Crippen LogP contribution in [0.1, 0.15) is 24.0 Å². The van der Waals surface area contributed by atoms with Crippen LogP contribution in [-0.2, 0) is 12.8 Å². The molecule has 1 aromatic heterocycles. The summed E-state index contributed by atoms with van der Waals surface area (Å²) in [5.41, 5.74) is 2.79. The van der Waals surface area contributed by atoms with Crippen LogP contribution in [0.25, 0.3) is 0 Å². The van der Waals surface area contributed by atoms with Crippen molar-refractivity contribution in [3.8, 4) is 5.75 Å². The first-order chi connectivity index (χ1) is 12.3. The highest BCUT2D eigenvalue weighted by Crippen LogP contribution is 2.30. The molecule has 1 aliphatic heterocycles. The van der Waals surface area contributed by atoms with Crippen molar-refractivity contribution in [2.75, 3.05) is 37.6 Å². The third-order valence-corrected chi connectivity index (χ3v) is 5.72. The second-order valence-electron chi connectivity index (χ2n) is 7.37. The molecule has 1 aliphatic carbocycles. The molecule has 0 radical (unpaired) electrons. The number of hydrogen-bond donors (Lipinski definition) is 1. The molecule has 1 aromatic carbocycles. The molecular formula is C21H27N3O. The summed E-state index contributed by atoms with van der Waals surface area (Å²) in [6, 6.07) is 12.0. The first-order valence-corrected chi connectivity index (χ1v) is 9.47. The van der Waals surface area contributed by atoms with E-state index in [9.17, 15) is 5.11 Å². The zero-order chi connectivity index (χ0) is 17.1. The van der Waals surface area contributed by atoms with Gasteiger partial charge >= 0.3 is 0 Å². The lowest BCUT2D eigenvalue weighted by Crippen LogP contribution is -2.47. The van der Waals surface area contributed by atoms with E-state index in [0.717, 1.165) is 50.8 Å². The maximum absolute atomic E-state index is 9.71. The summed E-state index contributed by atoms with van der Waals surface area (Å²) in [4.78, 5) is 9.44. The van der Waals surface area contributed by atoms with Crippen molar-refractivity contribution >= 4 is 5.82 Å². The zero-order valence-corrected chi connectivity index (χ0v) is 14.8. The monoisotopic (exact) mass is 337 g/mol. The summed E-state index contributed by atoms with van der Waals surface area (Å²) in [6.45, 7) is 5.58. The van der Waals surface area contributed by atoms with Gasteiger partial charge in [-0.2, -0.15) is 0 Å². The summed E-state index contributed by atoms with van der Waals surface area (Å²) in [7, 11) is 0. The second-order valence-corrected chi connectivity index (χ2v) is 7.37. The quantitative estimate of drug-likeness (QED) is 0.931. The van der Waals surface area contributed by atoms with Crippen LogP contribution in [0.4, 0.5) is 5.82 Å². The highest BCUT2D eigenvalue weighted by Gasteiger charge is 2.22. The number of piperazine rings is 1. The molecule has 2 aromatic rings. The molecule has 25 heavy (non-hydrogen) atoms. The number of pyridine rings is 1. The SMILES string of the molecule is Oc1ccc2c(c1)CC(CCN1CCN(c3ccccn3)CC1)CC2. The van der Waals surface area contributed by atoms with E-state index in [1.807, 2.05) is 24.4 Å². The molecular weight excluding hydrogens is 310 g/mol. The Morgan fingerprint density at radius 1 is 1.04 bits per heavy atom. The van der Waals surface area contributed by atoms with Gasteiger partial charge in [-0.1, -0.05) is 12.1 Å². The van der Waals surface area contributed by atoms with E-state index in [4.69, 9.17) is 0 Å². The molecule has 1 saturated heterocycles. The van der Waals surface area contributed by atoms with E-state index >= 15 is 0 Å². The lowest BCUT2D eigenvalue weighted by Gasteiger charge is -2.36. The molecule has 132 valence electrons. The smallest absolute Gasteiger partial charge is 0.128 e. The first-order valence-electron chi connectivity index (χ1n) is 9.47. The van der Waals surface area contributed by atoms with E-state index in [1.54, 1.807) is 0 Å². The number of aromatic hydroxyl groups is 1. The third kappa shape index (κ3) is 3.96. The van der Waals surface area contributed by atoms with Crippen molar-refractivity contribution in [2.45, 2.75) is 25.7 Å². The second kappa shape index (κ2) is 7.44. The molecule has 1 N–H and O–H groups in total. The van der Waals surface area contributed by atoms with Crippen LogP contribution in [0.15, 0.2) is 42.6 Å². The van der Waals surface area contributed by atoms with Gasteiger partial charge < -0.3 is 10.0 Å². The van der Waals surface area contributed by atoms with Gasteiger partial charge in [-0.15, -0.1) is 0 Å². The summed E-state index contributed by atoms with van der Waals surface area (Å²) in [5.74, 6) is 2.26. The fourth-order valence-electron chi connectivity index (χ4n) is 4.17. The van der Waals surface area contributed by atoms with E-state index in [-0.39, 0.29) is 0 Å². The van der Waals surface area contributed by atoms with Gasteiger partial charge in [0.2, 0.25) is 0 Å². The summed E-state index contributed by atoms with van der Waals surface area (Å²) in [5, 5.41) is 9.71.